The summed E-state index contributed by atoms with van der Waals surface area (Å²) < 4.78 is 29.7. The number of likely N-dealkylation sites (tertiary alicyclic amines) is 1. The van der Waals surface area contributed by atoms with Crippen LogP contribution < -0.4 is 10.5 Å². The van der Waals surface area contributed by atoms with E-state index in [1.165, 1.54) is 7.11 Å². The molecule has 0 saturated carbocycles. The number of hydrogen-bond donors (Lipinski definition) is 2. The number of carbonyl (C=O) groups excluding carboxylic acids is 1. The van der Waals surface area contributed by atoms with Crippen LogP contribution in [0.1, 0.15) is 25.7 Å². The van der Waals surface area contributed by atoms with Gasteiger partial charge in [-0.15, -0.1) is 12.4 Å². The number of nitrogens with one attached hydrogen (secondary N) is 1. The van der Waals surface area contributed by atoms with E-state index in [1.807, 2.05) is 0 Å². The topological polar surface area (TPSA) is 102 Å². The van der Waals surface area contributed by atoms with Crippen molar-refractivity contribution < 1.29 is 17.9 Å². The molecule has 9 heteroatoms. The molecule has 7 nitrogen and oxygen atoms in total. The van der Waals surface area contributed by atoms with Crippen LogP contribution in [0.15, 0.2) is 0 Å². The van der Waals surface area contributed by atoms with Crippen molar-refractivity contribution in [2.24, 2.45) is 5.73 Å². The van der Waals surface area contributed by atoms with E-state index in [0.717, 1.165) is 25.5 Å². The zero-order valence-electron chi connectivity index (χ0n) is 12.6. The van der Waals surface area contributed by atoms with Crippen LogP contribution in [-0.2, 0) is 19.6 Å². The monoisotopic (exact) mass is 343 g/mol. The van der Waals surface area contributed by atoms with Gasteiger partial charge in [0.05, 0.1) is 6.26 Å². The Kier molecular flexibility index (Phi) is 9.39. The summed E-state index contributed by atoms with van der Waals surface area (Å²) >= 11 is 0. The minimum Gasteiger partial charge on any atom is -0.370 e. The number of nitrogens with two attached hydrogens (primary N) is 1. The molecule has 3 N–H and O–H groups in total. The van der Waals surface area contributed by atoms with Gasteiger partial charge >= 0.3 is 0 Å². The van der Waals surface area contributed by atoms with Gasteiger partial charge in [-0.1, -0.05) is 0 Å². The highest BCUT2D eigenvalue weighted by Gasteiger charge is 2.30. The lowest BCUT2D eigenvalue weighted by Crippen LogP contribution is -2.51. The van der Waals surface area contributed by atoms with Gasteiger partial charge in [0.15, 0.2) is 0 Å². The molecule has 1 aliphatic heterocycles. The molecule has 126 valence electrons. The maximum Gasteiger partial charge on any atom is 0.253 e. The van der Waals surface area contributed by atoms with Crippen LogP contribution in [0.2, 0.25) is 0 Å². The summed E-state index contributed by atoms with van der Waals surface area (Å²) in [5, 5.41) is 0. The van der Waals surface area contributed by atoms with E-state index in [2.05, 4.69) is 4.72 Å². The highest BCUT2D eigenvalue weighted by Crippen LogP contribution is 2.20. The van der Waals surface area contributed by atoms with Gasteiger partial charge in [-0.05, 0) is 25.7 Å². The zero-order chi connectivity index (χ0) is 15.2. The number of nitrogens with zero attached hydrogens (tertiary/aromatic N) is 1. The SMILES string of the molecule is COC(CN)C(=O)N1CCCCC1CCNS(C)(=O)=O.Cl. The predicted octanol–water partition coefficient (Wildman–Crippen LogP) is -0.298. The summed E-state index contributed by atoms with van der Waals surface area (Å²) in [5.41, 5.74) is 5.53. The highest BCUT2D eigenvalue weighted by molar-refractivity contribution is 7.88. The highest BCUT2D eigenvalue weighted by atomic mass is 35.5. The summed E-state index contributed by atoms with van der Waals surface area (Å²) in [5.74, 6) is -0.0981. The summed E-state index contributed by atoms with van der Waals surface area (Å²) in [7, 11) is -1.71. The zero-order valence-corrected chi connectivity index (χ0v) is 14.2. The molecule has 2 unspecified atom stereocenters. The summed E-state index contributed by atoms with van der Waals surface area (Å²) in [4.78, 5) is 14.1. The lowest BCUT2D eigenvalue weighted by atomic mass is 9.98. The molecule has 1 aliphatic rings. The molecular weight excluding hydrogens is 318 g/mol. The Morgan fingerprint density at radius 3 is 2.67 bits per heavy atom. The van der Waals surface area contributed by atoms with Crippen molar-refractivity contribution >= 4 is 28.3 Å². The van der Waals surface area contributed by atoms with Gasteiger partial charge in [0.2, 0.25) is 10.0 Å². The van der Waals surface area contributed by atoms with Gasteiger partial charge in [0.1, 0.15) is 6.10 Å². The van der Waals surface area contributed by atoms with Crippen LogP contribution in [0.3, 0.4) is 0 Å². The number of hydrogen-bond acceptors (Lipinski definition) is 5. The first-order chi connectivity index (χ1) is 9.39. The molecule has 0 radical (unpaired) electrons. The third-order valence-electron chi connectivity index (χ3n) is 3.53. The van der Waals surface area contributed by atoms with Crippen molar-refractivity contribution in [3.8, 4) is 0 Å². The molecule has 0 aromatic carbocycles. The van der Waals surface area contributed by atoms with Crippen molar-refractivity contribution in [1.82, 2.24) is 9.62 Å². The number of carbonyl (C=O) groups is 1. The second-order valence-electron chi connectivity index (χ2n) is 5.10. The second-order valence-corrected chi connectivity index (χ2v) is 6.93. The summed E-state index contributed by atoms with van der Waals surface area (Å²) in [6, 6.07) is 0.0506. The molecule has 0 aromatic heterocycles. The minimum atomic E-state index is -3.19. The van der Waals surface area contributed by atoms with Crippen LogP contribution in [0.25, 0.3) is 0 Å². The fourth-order valence-corrected chi connectivity index (χ4v) is 2.97. The molecule has 0 aromatic rings. The molecule has 0 spiro atoms. The Morgan fingerprint density at radius 1 is 1.48 bits per heavy atom. The first kappa shape index (κ1) is 20.6. The normalized spacial score (nSPS) is 20.7. The van der Waals surface area contributed by atoms with Gasteiger partial charge in [-0.25, -0.2) is 13.1 Å². The van der Waals surface area contributed by atoms with E-state index >= 15 is 0 Å². The van der Waals surface area contributed by atoms with Gasteiger partial charge in [0, 0.05) is 32.8 Å². The van der Waals surface area contributed by atoms with E-state index in [4.69, 9.17) is 10.5 Å². The van der Waals surface area contributed by atoms with Gasteiger partial charge < -0.3 is 15.4 Å². The molecule has 21 heavy (non-hydrogen) atoms. The Labute approximate surface area is 133 Å². The Balaban J connectivity index is 0.00000400. The van der Waals surface area contributed by atoms with E-state index in [9.17, 15) is 13.2 Å². The quantitative estimate of drug-likeness (QED) is 0.661. The fraction of sp³-hybridized carbons (Fsp3) is 0.917. The Morgan fingerprint density at radius 2 is 2.14 bits per heavy atom. The van der Waals surface area contributed by atoms with E-state index in [0.29, 0.717) is 19.5 Å². The maximum absolute atomic E-state index is 12.3. The summed E-state index contributed by atoms with van der Waals surface area (Å²) in [6.45, 7) is 1.18. The maximum atomic E-state index is 12.3. The van der Waals surface area contributed by atoms with E-state index in [1.54, 1.807) is 4.90 Å². The number of rotatable bonds is 7. The Bertz CT molecular complexity index is 415. The molecule has 1 amide bonds. The molecule has 1 saturated heterocycles. The van der Waals surface area contributed by atoms with Crippen LogP contribution in [-0.4, -0.2) is 64.4 Å². The fourth-order valence-electron chi connectivity index (χ4n) is 2.48. The average Bonchev–Trinajstić information content (AvgIpc) is 2.39. The third kappa shape index (κ3) is 6.92. The first-order valence-electron chi connectivity index (χ1n) is 6.87. The molecular formula is C12H26ClN3O4S. The average molecular weight is 344 g/mol. The number of amides is 1. The van der Waals surface area contributed by atoms with Crippen LogP contribution in [0.4, 0.5) is 0 Å². The number of halogens is 1. The van der Waals surface area contributed by atoms with E-state index in [-0.39, 0.29) is 30.9 Å². The van der Waals surface area contributed by atoms with Gasteiger partial charge in [-0.2, -0.15) is 0 Å². The van der Waals surface area contributed by atoms with Crippen molar-refractivity contribution in [2.75, 3.05) is 33.0 Å². The van der Waals surface area contributed by atoms with Gasteiger partial charge in [0.25, 0.3) is 5.91 Å². The predicted molar refractivity (Wildman–Crippen MR) is 83.9 cm³/mol. The summed E-state index contributed by atoms with van der Waals surface area (Å²) in [6.07, 6.45) is 4.03. The van der Waals surface area contributed by atoms with Crippen LogP contribution in [0.5, 0.6) is 0 Å². The van der Waals surface area contributed by atoms with E-state index < -0.39 is 16.1 Å². The largest absolute Gasteiger partial charge is 0.370 e. The Hall–Kier alpha value is -0.410. The molecule has 1 fully saturated rings. The van der Waals surface area contributed by atoms with Crippen molar-refractivity contribution in [3.63, 3.8) is 0 Å². The third-order valence-corrected chi connectivity index (χ3v) is 4.25. The molecule has 1 heterocycles. The van der Waals surface area contributed by atoms with Crippen LogP contribution in [0, 0.1) is 0 Å². The lowest BCUT2D eigenvalue weighted by Gasteiger charge is -2.37. The lowest BCUT2D eigenvalue weighted by molar-refractivity contribution is -0.145. The number of piperidine rings is 1. The molecule has 0 bridgehead atoms. The van der Waals surface area contributed by atoms with Crippen molar-refractivity contribution in [1.29, 1.82) is 0 Å². The first-order valence-corrected chi connectivity index (χ1v) is 8.76. The molecule has 1 rings (SSSR count). The molecule has 2 atom stereocenters. The standard InChI is InChI=1S/C12H25N3O4S.ClH/c1-19-11(9-13)12(16)15-8-4-3-5-10(15)6-7-14-20(2,17)18;/h10-11,14H,3-9,13H2,1-2H3;1H. The smallest absolute Gasteiger partial charge is 0.253 e. The van der Waals surface area contributed by atoms with Crippen molar-refractivity contribution in [3.05, 3.63) is 0 Å². The number of ether oxygens (including phenoxy) is 1. The van der Waals surface area contributed by atoms with Gasteiger partial charge in [-0.3, -0.25) is 4.79 Å². The van der Waals surface area contributed by atoms with Crippen LogP contribution >= 0.6 is 12.4 Å². The molecule has 0 aliphatic carbocycles. The minimum absolute atomic E-state index is 0. The van der Waals surface area contributed by atoms with Crippen molar-refractivity contribution in [2.45, 2.75) is 37.8 Å². The number of sulfonamides is 1. The second kappa shape index (κ2) is 9.58. The number of methoxy groups -OCH3 is 1.